The van der Waals surface area contributed by atoms with Crippen molar-refractivity contribution < 1.29 is 18.9 Å². The van der Waals surface area contributed by atoms with Crippen LogP contribution < -0.4 is 10.6 Å². The molecule has 0 spiro atoms. The number of anilines is 2. The van der Waals surface area contributed by atoms with Gasteiger partial charge in [-0.25, -0.2) is 0 Å². The lowest BCUT2D eigenvalue weighted by atomic mass is 10.1. The van der Waals surface area contributed by atoms with Gasteiger partial charge >= 0.3 is 0 Å². The van der Waals surface area contributed by atoms with Crippen LogP contribution in [0.3, 0.4) is 0 Å². The number of rotatable bonds is 7. The fourth-order valence-electron chi connectivity index (χ4n) is 2.78. The second-order valence-electron chi connectivity index (χ2n) is 6.39. The number of benzene rings is 2. The molecular weight excluding hydrogens is 410 g/mol. The molecule has 0 fully saturated rings. The molecule has 3 aromatic rings. The van der Waals surface area contributed by atoms with E-state index in [1.165, 1.54) is 24.3 Å². The number of hydrogen-bond donors (Lipinski definition) is 2. The summed E-state index contributed by atoms with van der Waals surface area (Å²) in [5, 5.41) is 16.8. The maximum atomic E-state index is 12.6. The van der Waals surface area contributed by atoms with Crippen molar-refractivity contribution in [3.8, 4) is 11.3 Å². The lowest BCUT2D eigenvalue weighted by Gasteiger charge is -2.10. The molecule has 3 rings (SSSR count). The van der Waals surface area contributed by atoms with Gasteiger partial charge in [-0.2, -0.15) is 0 Å². The third kappa shape index (κ3) is 4.84. The van der Waals surface area contributed by atoms with Crippen molar-refractivity contribution in [1.29, 1.82) is 0 Å². The summed E-state index contributed by atoms with van der Waals surface area (Å²) in [6.45, 7) is 1.90. The molecule has 154 valence electrons. The molecule has 0 aliphatic carbocycles. The standard InChI is InChI=1S/C21H18ClN3O5/c1-2-5-20(26)23-13-8-9-15(22)16(12-13)24-21(27)19-11-10-18(30-19)14-6-3-4-7-17(14)25(28)29/h3-4,6-12H,2,5H2,1H3,(H,23,26)(H,24,27). The van der Waals surface area contributed by atoms with Gasteiger partial charge in [-0.3, -0.25) is 19.7 Å². The number of para-hydroxylation sites is 1. The molecule has 9 heteroatoms. The number of carbonyl (C=O) groups excluding carboxylic acids is 2. The van der Waals surface area contributed by atoms with Gasteiger partial charge in [-0.1, -0.05) is 30.7 Å². The summed E-state index contributed by atoms with van der Waals surface area (Å²) in [7, 11) is 0. The molecule has 1 heterocycles. The highest BCUT2D eigenvalue weighted by atomic mass is 35.5. The third-order valence-electron chi connectivity index (χ3n) is 4.17. The zero-order valence-electron chi connectivity index (χ0n) is 16.0. The maximum absolute atomic E-state index is 12.6. The van der Waals surface area contributed by atoms with Crippen LogP contribution in [0, 0.1) is 10.1 Å². The molecule has 0 aliphatic heterocycles. The minimum absolute atomic E-state index is 0.0420. The Balaban J connectivity index is 1.79. The van der Waals surface area contributed by atoms with Crippen LogP contribution in [0.15, 0.2) is 59.0 Å². The highest BCUT2D eigenvalue weighted by molar-refractivity contribution is 6.34. The summed E-state index contributed by atoms with van der Waals surface area (Å²) < 4.78 is 5.53. The van der Waals surface area contributed by atoms with Crippen LogP contribution in [0.2, 0.25) is 5.02 Å². The van der Waals surface area contributed by atoms with Gasteiger partial charge in [0.2, 0.25) is 5.91 Å². The summed E-state index contributed by atoms with van der Waals surface area (Å²) in [6.07, 6.45) is 1.09. The van der Waals surface area contributed by atoms with Crippen LogP contribution >= 0.6 is 11.6 Å². The van der Waals surface area contributed by atoms with Crippen LogP contribution in [-0.2, 0) is 4.79 Å². The average Bonchev–Trinajstić information content (AvgIpc) is 3.21. The second kappa shape index (κ2) is 9.23. The lowest BCUT2D eigenvalue weighted by molar-refractivity contribution is -0.384. The predicted molar refractivity (Wildman–Crippen MR) is 114 cm³/mol. The summed E-state index contributed by atoms with van der Waals surface area (Å²) in [6, 6.07) is 13.7. The van der Waals surface area contributed by atoms with Crippen LogP contribution in [0.4, 0.5) is 17.1 Å². The first kappa shape index (κ1) is 21.1. The van der Waals surface area contributed by atoms with Gasteiger partial charge < -0.3 is 15.1 Å². The first-order valence-corrected chi connectivity index (χ1v) is 9.51. The molecule has 2 amide bonds. The van der Waals surface area contributed by atoms with Crippen LogP contribution in [0.5, 0.6) is 0 Å². The second-order valence-corrected chi connectivity index (χ2v) is 6.79. The summed E-state index contributed by atoms with van der Waals surface area (Å²) in [5.74, 6) is -0.574. The van der Waals surface area contributed by atoms with Gasteiger partial charge in [-0.05, 0) is 42.8 Å². The Morgan fingerprint density at radius 1 is 1.10 bits per heavy atom. The molecule has 1 aromatic heterocycles. The van der Waals surface area contributed by atoms with Crippen molar-refractivity contribution in [3.63, 3.8) is 0 Å². The summed E-state index contributed by atoms with van der Waals surface area (Å²) in [5.41, 5.74) is 0.922. The van der Waals surface area contributed by atoms with Crippen molar-refractivity contribution in [3.05, 3.63) is 75.5 Å². The summed E-state index contributed by atoms with van der Waals surface area (Å²) >= 11 is 6.15. The predicted octanol–water partition coefficient (Wildman–Crippen LogP) is 5.50. The number of amides is 2. The van der Waals surface area contributed by atoms with Crippen molar-refractivity contribution in [2.45, 2.75) is 19.8 Å². The van der Waals surface area contributed by atoms with E-state index >= 15 is 0 Å². The third-order valence-corrected chi connectivity index (χ3v) is 4.50. The number of nitrogens with zero attached hydrogens (tertiary/aromatic N) is 1. The van der Waals surface area contributed by atoms with Gasteiger partial charge in [0, 0.05) is 18.2 Å². The van der Waals surface area contributed by atoms with E-state index in [4.69, 9.17) is 16.0 Å². The maximum Gasteiger partial charge on any atom is 0.291 e. The fraction of sp³-hybridized carbons (Fsp3) is 0.143. The Hall–Kier alpha value is -3.65. The fourth-order valence-corrected chi connectivity index (χ4v) is 2.94. The zero-order valence-corrected chi connectivity index (χ0v) is 16.7. The van der Waals surface area contributed by atoms with Gasteiger partial charge in [0.25, 0.3) is 11.6 Å². The van der Waals surface area contributed by atoms with Gasteiger partial charge in [0.1, 0.15) is 5.76 Å². The molecule has 0 radical (unpaired) electrons. The molecule has 8 nitrogen and oxygen atoms in total. The Labute approximate surface area is 177 Å². The van der Waals surface area contributed by atoms with Crippen molar-refractivity contribution >= 4 is 40.5 Å². The summed E-state index contributed by atoms with van der Waals surface area (Å²) in [4.78, 5) is 35.0. The molecule has 2 aromatic carbocycles. The van der Waals surface area contributed by atoms with E-state index in [1.54, 1.807) is 30.3 Å². The highest BCUT2D eigenvalue weighted by Crippen LogP contribution is 2.31. The van der Waals surface area contributed by atoms with E-state index in [9.17, 15) is 19.7 Å². The molecule has 0 unspecified atom stereocenters. The van der Waals surface area contributed by atoms with Crippen molar-refractivity contribution in [2.75, 3.05) is 10.6 Å². The van der Waals surface area contributed by atoms with Gasteiger partial charge in [0.15, 0.2) is 5.76 Å². The largest absolute Gasteiger partial charge is 0.451 e. The number of furan rings is 1. The number of nitrogens with one attached hydrogen (secondary N) is 2. The van der Waals surface area contributed by atoms with E-state index in [2.05, 4.69) is 10.6 Å². The van der Waals surface area contributed by atoms with Crippen LogP contribution in [-0.4, -0.2) is 16.7 Å². The first-order chi connectivity index (χ1) is 14.4. The number of carbonyl (C=O) groups is 2. The van der Waals surface area contributed by atoms with E-state index in [1.807, 2.05) is 6.92 Å². The van der Waals surface area contributed by atoms with E-state index in [0.717, 1.165) is 0 Å². The minimum atomic E-state index is -0.584. The Morgan fingerprint density at radius 3 is 2.60 bits per heavy atom. The van der Waals surface area contributed by atoms with Crippen molar-refractivity contribution in [1.82, 2.24) is 0 Å². The monoisotopic (exact) mass is 427 g/mol. The van der Waals surface area contributed by atoms with E-state index < -0.39 is 10.8 Å². The van der Waals surface area contributed by atoms with E-state index in [0.29, 0.717) is 24.2 Å². The average molecular weight is 428 g/mol. The first-order valence-electron chi connectivity index (χ1n) is 9.13. The molecule has 2 N–H and O–H groups in total. The molecule has 0 saturated carbocycles. The SMILES string of the molecule is CCCC(=O)Nc1ccc(Cl)c(NC(=O)c2ccc(-c3ccccc3[N+](=O)[O-])o2)c1. The molecular formula is C21H18ClN3O5. The molecule has 0 atom stereocenters. The lowest BCUT2D eigenvalue weighted by Crippen LogP contribution is -2.13. The van der Waals surface area contributed by atoms with Crippen molar-refractivity contribution in [2.24, 2.45) is 0 Å². The smallest absolute Gasteiger partial charge is 0.291 e. The van der Waals surface area contributed by atoms with Gasteiger partial charge in [-0.15, -0.1) is 0 Å². The Kier molecular flexibility index (Phi) is 6.48. The van der Waals surface area contributed by atoms with E-state index in [-0.39, 0.29) is 33.7 Å². The minimum Gasteiger partial charge on any atom is -0.451 e. The Morgan fingerprint density at radius 2 is 1.87 bits per heavy atom. The molecule has 30 heavy (non-hydrogen) atoms. The number of halogens is 1. The van der Waals surface area contributed by atoms with Gasteiger partial charge in [0.05, 0.1) is 21.2 Å². The topological polar surface area (TPSA) is 114 Å². The number of nitro benzene ring substituents is 1. The Bertz CT molecular complexity index is 1110. The number of hydrogen-bond acceptors (Lipinski definition) is 5. The molecule has 0 saturated heterocycles. The number of nitro groups is 1. The van der Waals surface area contributed by atoms with Crippen LogP contribution in [0.1, 0.15) is 30.3 Å². The molecule has 0 aliphatic rings. The molecule has 0 bridgehead atoms. The zero-order chi connectivity index (χ0) is 21.7. The normalized spacial score (nSPS) is 10.5. The quantitative estimate of drug-likeness (QED) is 0.381. The highest BCUT2D eigenvalue weighted by Gasteiger charge is 2.20. The van der Waals surface area contributed by atoms with Crippen LogP contribution in [0.25, 0.3) is 11.3 Å².